The van der Waals surface area contributed by atoms with Crippen molar-refractivity contribution in [3.63, 3.8) is 0 Å². The van der Waals surface area contributed by atoms with Gasteiger partial charge in [-0.3, -0.25) is 4.79 Å². The Morgan fingerprint density at radius 1 is 1.23 bits per heavy atom. The van der Waals surface area contributed by atoms with Gasteiger partial charge in [0.2, 0.25) is 5.91 Å². The van der Waals surface area contributed by atoms with Gasteiger partial charge in [-0.2, -0.15) is 0 Å². The third-order valence-electron chi connectivity index (χ3n) is 3.99. The van der Waals surface area contributed by atoms with Crippen molar-refractivity contribution in [3.8, 4) is 11.5 Å². The van der Waals surface area contributed by atoms with Crippen molar-refractivity contribution >= 4 is 12.0 Å². The number of carbonyl (C=O) groups is 1. The predicted molar refractivity (Wildman–Crippen MR) is 79.3 cm³/mol. The second-order valence-corrected chi connectivity index (χ2v) is 5.73. The number of amides is 1. The number of aliphatic hydroxyl groups excluding tert-OH is 1. The number of ether oxygens (including phenoxy) is 1. The Morgan fingerprint density at radius 2 is 2.00 bits per heavy atom. The highest BCUT2D eigenvalue weighted by molar-refractivity contribution is 5.92. The molecule has 2 atom stereocenters. The molecule has 0 unspecified atom stereocenters. The summed E-state index contributed by atoms with van der Waals surface area (Å²) in [5.74, 6) is -0.604. The van der Waals surface area contributed by atoms with Crippen molar-refractivity contribution in [2.24, 2.45) is 0 Å². The maximum Gasteiger partial charge on any atom is 0.247 e. The molecule has 1 amide bonds. The van der Waals surface area contributed by atoms with E-state index in [2.05, 4.69) is 0 Å². The van der Waals surface area contributed by atoms with E-state index in [0.717, 1.165) is 12.8 Å². The molecule has 3 rings (SSSR count). The van der Waals surface area contributed by atoms with Crippen LogP contribution in [0.3, 0.4) is 0 Å². The molecule has 22 heavy (non-hydrogen) atoms. The number of nitrogens with zero attached hydrogens (tertiary/aromatic N) is 1. The lowest BCUT2D eigenvalue weighted by molar-refractivity contribution is -0.130. The molecule has 1 saturated carbocycles. The maximum absolute atomic E-state index is 12.4. The molecule has 0 spiro atoms. The smallest absolute Gasteiger partial charge is 0.247 e. The minimum atomic E-state index is -0.643. The van der Waals surface area contributed by atoms with E-state index >= 15 is 0 Å². The highest BCUT2D eigenvalue weighted by Gasteiger charge is 2.41. The molecule has 1 saturated heterocycles. The fourth-order valence-corrected chi connectivity index (χ4v) is 2.66. The van der Waals surface area contributed by atoms with Crippen LogP contribution in [-0.2, 0) is 9.53 Å². The first-order valence-corrected chi connectivity index (χ1v) is 7.34. The molecule has 0 radical (unpaired) electrons. The number of phenols is 2. The lowest BCUT2D eigenvalue weighted by Gasteiger charge is -2.29. The molecule has 6 nitrogen and oxygen atoms in total. The summed E-state index contributed by atoms with van der Waals surface area (Å²) in [6, 6.07) is 4.24. The average molecular weight is 305 g/mol. The Kier molecular flexibility index (Phi) is 4.04. The highest BCUT2D eigenvalue weighted by atomic mass is 16.5. The first-order chi connectivity index (χ1) is 10.6. The SMILES string of the molecule is O=C(/C=C/c1ccc(O)c(O)c1)N(C1CC1)[C@@H]1COC[C@H]1O. The van der Waals surface area contributed by atoms with Crippen LogP contribution in [0, 0.1) is 0 Å². The molecule has 1 aliphatic heterocycles. The number of rotatable bonds is 4. The van der Waals surface area contributed by atoms with Crippen molar-refractivity contribution in [2.75, 3.05) is 13.2 Å². The normalized spacial score (nSPS) is 24.8. The summed E-state index contributed by atoms with van der Waals surface area (Å²) in [5, 5.41) is 28.7. The zero-order chi connectivity index (χ0) is 15.7. The fourth-order valence-electron chi connectivity index (χ4n) is 2.66. The van der Waals surface area contributed by atoms with Crippen molar-refractivity contribution in [1.82, 2.24) is 4.90 Å². The average Bonchev–Trinajstić information content (AvgIpc) is 3.24. The molecule has 0 bridgehead atoms. The zero-order valence-corrected chi connectivity index (χ0v) is 12.1. The zero-order valence-electron chi connectivity index (χ0n) is 12.1. The molecular formula is C16H19NO5. The first-order valence-electron chi connectivity index (χ1n) is 7.34. The van der Waals surface area contributed by atoms with Gasteiger partial charge in [-0.15, -0.1) is 0 Å². The van der Waals surface area contributed by atoms with E-state index in [0.29, 0.717) is 12.2 Å². The van der Waals surface area contributed by atoms with Crippen LogP contribution in [0.5, 0.6) is 11.5 Å². The molecule has 2 aliphatic rings. The van der Waals surface area contributed by atoms with E-state index in [1.165, 1.54) is 18.2 Å². The summed E-state index contributed by atoms with van der Waals surface area (Å²) in [4.78, 5) is 14.1. The Hall–Kier alpha value is -2.05. The third-order valence-corrected chi connectivity index (χ3v) is 3.99. The van der Waals surface area contributed by atoms with E-state index in [9.17, 15) is 20.1 Å². The molecule has 0 aromatic heterocycles. The lowest BCUT2D eigenvalue weighted by atomic mass is 10.1. The third kappa shape index (κ3) is 3.08. The quantitative estimate of drug-likeness (QED) is 0.567. The van der Waals surface area contributed by atoms with Crippen LogP contribution in [0.1, 0.15) is 18.4 Å². The number of aromatic hydroxyl groups is 2. The van der Waals surface area contributed by atoms with E-state index in [1.54, 1.807) is 17.0 Å². The monoisotopic (exact) mass is 305 g/mol. The minimum Gasteiger partial charge on any atom is -0.504 e. The molecule has 118 valence electrons. The van der Waals surface area contributed by atoms with Crippen LogP contribution < -0.4 is 0 Å². The van der Waals surface area contributed by atoms with Crippen LogP contribution in [0.15, 0.2) is 24.3 Å². The first kappa shape index (κ1) is 14.9. The number of hydrogen-bond acceptors (Lipinski definition) is 5. The van der Waals surface area contributed by atoms with E-state index in [1.807, 2.05) is 0 Å². The van der Waals surface area contributed by atoms with E-state index in [4.69, 9.17) is 4.74 Å². The van der Waals surface area contributed by atoms with Gasteiger partial charge in [-0.1, -0.05) is 6.07 Å². The standard InChI is InChI=1S/C16H19NO5/c18-13-5-1-10(7-14(13)19)2-6-16(21)17(11-3-4-11)12-8-22-9-15(12)20/h1-2,5-7,11-12,15,18-20H,3-4,8-9H2/b6-2+/t12-,15-/m1/s1. The summed E-state index contributed by atoms with van der Waals surface area (Å²) in [6.07, 6.45) is 4.26. The number of carbonyl (C=O) groups excluding carboxylic acids is 1. The van der Waals surface area contributed by atoms with Gasteiger partial charge >= 0.3 is 0 Å². The molecule has 1 heterocycles. The van der Waals surface area contributed by atoms with Gasteiger partial charge in [0.1, 0.15) is 0 Å². The molecule has 1 aromatic rings. The summed E-state index contributed by atoms with van der Waals surface area (Å²) < 4.78 is 5.24. The summed E-state index contributed by atoms with van der Waals surface area (Å²) in [6.45, 7) is 0.619. The number of hydrogen-bond donors (Lipinski definition) is 3. The van der Waals surface area contributed by atoms with Crippen LogP contribution in [0.4, 0.5) is 0 Å². The minimum absolute atomic E-state index is 0.173. The van der Waals surface area contributed by atoms with Crippen molar-refractivity contribution in [1.29, 1.82) is 0 Å². The van der Waals surface area contributed by atoms with Gasteiger partial charge in [0.05, 0.1) is 25.4 Å². The molecule has 2 fully saturated rings. The second kappa shape index (κ2) is 5.98. The van der Waals surface area contributed by atoms with Crippen LogP contribution in [-0.4, -0.2) is 57.5 Å². The van der Waals surface area contributed by atoms with Gasteiger partial charge in [-0.25, -0.2) is 0 Å². The van der Waals surface area contributed by atoms with Gasteiger partial charge < -0.3 is 25.0 Å². The summed E-state index contributed by atoms with van der Waals surface area (Å²) in [7, 11) is 0. The predicted octanol–water partition coefficient (Wildman–Crippen LogP) is 0.862. The van der Waals surface area contributed by atoms with Crippen molar-refractivity contribution < 1.29 is 24.9 Å². The number of aliphatic hydroxyl groups is 1. The van der Waals surface area contributed by atoms with Gasteiger partial charge in [0.25, 0.3) is 0 Å². The Balaban J connectivity index is 1.73. The van der Waals surface area contributed by atoms with Crippen molar-refractivity contribution in [2.45, 2.75) is 31.0 Å². The van der Waals surface area contributed by atoms with E-state index in [-0.39, 0.29) is 36.1 Å². The Bertz CT molecular complexity index is 596. The summed E-state index contributed by atoms with van der Waals surface area (Å²) in [5.41, 5.74) is 0.614. The maximum atomic E-state index is 12.4. The molecular weight excluding hydrogens is 286 g/mol. The highest BCUT2D eigenvalue weighted by Crippen LogP contribution is 2.32. The topological polar surface area (TPSA) is 90.2 Å². The number of phenolic OH excluding ortho intramolecular Hbond substituents is 2. The molecule has 1 aliphatic carbocycles. The molecule has 3 N–H and O–H groups in total. The van der Waals surface area contributed by atoms with Crippen LogP contribution in [0.2, 0.25) is 0 Å². The molecule has 6 heteroatoms. The van der Waals surface area contributed by atoms with Crippen molar-refractivity contribution in [3.05, 3.63) is 29.8 Å². The van der Waals surface area contributed by atoms with Crippen LogP contribution >= 0.6 is 0 Å². The fraction of sp³-hybridized carbons (Fsp3) is 0.438. The largest absolute Gasteiger partial charge is 0.504 e. The summed E-state index contributed by atoms with van der Waals surface area (Å²) >= 11 is 0. The van der Waals surface area contributed by atoms with Gasteiger partial charge in [-0.05, 0) is 36.6 Å². The van der Waals surface area contributed by atoms with E-state index < -0.39 is 6.10 Å². The number of benzene rings is 1. The van der Waals surface area contributed by atoms with Crippen LogP contribution in [0.25, 0.3) is 6.08 Å². The van der Waals surface area contributed by atoms with Gasteiger partial charge in [0, 0.05) is 12.1 Å². The molecule has 1 aromatic carbocycles. The Morgan fingerprint density at radius 3 is 2.59 bits per heavy atom. The lowest BCUT2D eigenvalue weighted by Crippen LogP contribution is -2.47. The Labute approximate surface area is 128 Å². The second-order valence-electron chi connectivity index (χ2n) is 5.73. The van der Waals surface area contributed by atoms with Gasteiger partial charge in [0.15, 0.2) is 11.5 Å².